The minimum absolute atomic E-state index is 0.00989. The molecule has 0 saturated heterocycles. The fraction of sp³-hybridized carbons (Fsp3) is 0.435. The molecular formula is C23H30FN3O3S. The van der Waals surface area contributed by atoms with Gasteiger partial charge in [-0.2, -0.15) is 0 Å². The number of nitrogens with one attached hydrogen (secondary N) is 2. The van der Waals surface area contributed by atoms with Crippen LogP contribution in [-0.4, -0.2) is 22.8 Å². The molecule has 168 valence electrons. The van der Waals surface area contributed by atoms with E-state index >= 15 is 0 Å². The second kappa shape index (κ2) is 10.7. The maximum Gasteiger partial charge on any atom is 0.223 e. The first-order valence-corrected chi connectivity index (χ1v) is 11.8. The summed E-state index contributed by atoms with van der Waals surface area (Å²) in [5, 5.41) is 3.02. The highest BCUT2D eigenvalue weighted by Gasteiger charge is 2.28. The van der Waals surface area contributed by atoms with Crippen LogP contribution in [0.25, 0.3) is 0 Å². The number of hydrogen-bond acceptors (Lipinski definition) is 4. The molecule has 0 spiro atoms. The van der Waals surface area contributed by atoms with Crippen molar-refractivity contribution < 1.29 is 18.1 Å². The molecule has 31 heavy (non-hydrogen) atoms. The third-order valence-corrected chi connectivity index (χ3v) is 6.83. The van der Waals surface area contributed by atoms with Gasteiger partial charge in [0, 0.05) is 12.0 Å². The van der Waals surface area contributed by atoms with Gasteiger partial charge in [0.05, 0.1) is 23.2 Å². The number of amides is 1. The minimum atomic E-state index is -1.38. The van der Waals surface area contributed by atoms with E-state index in [2.05, 4.69) is 10.0 Å². The summed E-state index contributed by atoms with van der Waals surface area (Å²) in [5.74, 6) is 0.231. The normalized spacial score (nSPS) is 20.6. The van der Waals surface area contributed by atoms with E-state index in [1.807, 2.05) is 13.8 Å². The Bertz CT molecular complexity index is 915. The van der Waals surface area contributed by atoms with Crippen molar-refractivity contribution >= 4 is 22.6 Å². The largest absolute Gasteiger partial charge is 0.492 e. The number of nitrogens with two attached hydrogens (primary N) is 1. The number of halogens is 1. The van der Waals surface area contributed by atoms with Gasteiger partial charge in [0.25, 0.3) is 0 Å². The number of rotatable bonds is 8. The number of ether oxygens (including phenoxy) is 1. The molecule has 0 aliphatic heterocycles. The van der Waals surface area contributed by atoms with Crippen molar-refractivity contribution in [2.24, 2.45) is 5.92 Å². The second-order valence-corrected chi connectivity index (χ2v) is 9.09. The van der Waals surface area contributed by atoms with Gasteiger partial charge in [-0.25, -0.2) is 13.3 Å². The summed E-state index contributed by atoms with van der Waals surface area (Å²) in [6, 6.07) is 11.2. The van der Waals surface area contributed by atoms with Crippen molar-refractivity contribution in [3.63, 3.8) is 0 Å². The molecule has 0 heterocycles. The van der Waals surface area contributed by atoms with Crippen molar-refractivity contribution in [1.82, 2.24) is 10.0 Å². The first-order chi connectivity index (χ1) is 14.9. The van der Waals surface area contributed by atoms with Gasteiger partial charge in [-0.15, -0.1) is 0 Å². The van der Waals surface area contributed by atoms with E-state index in [-0.39, 0.29) is 29.7 Å². The molecule has 6 nitrogen and oxygen atoms in total. The lowest BCUT2D eigenvalue weighted by molar-refractivity contribution is -0.126. The third kappa shape index (κ3) is 6.27. The lowest BCUT2D eigenvalue weighted by Crippen LogP contribution is -2.39. The van der Waals surface area contributed by atoms with Crippen molar-refractivity contribution in [2.45, 2.75) is 56.5 Å². The van der Waals surface area contributed by atoms with Crippen LogP contribution < -0.4 is 20.5 Å². The topological polar surface area (TPSA) is 93.4 Å². The van der Waals surface area contributed by atoms with Crippen LogP contribution in [0.5, 0.6) is 5.75 Å². The van der Waals surface area contributed by atoms with Crippen LogP contribution in [0, 0.1) is 11.7 Å². The Balaban J connectivity index is 1.47. The molecule has 8 heteroatoms. The average molecular weight is 448 g/mol. The molecule has 0 bridgehead atoms. The predicted octanol–water partition coefficient (Wildman–Crippen LogP) is 3.86. The maximum absolute atomic E-state index is 13.1. The summed E-state index contributed by atoms with van der Waals surface area (Å²) < 4.78 is 34.3. The summed E-state index contributed by atoms with van der Waals surface area (Å²) >= 11 is 0. The number of benzene rings is 2. The van der Waals surface area contributed by atoms with Gasteiger partial charge >= 0.3 is 0 Å². The lowest BCUT2D eigenvalue weighted by atomic mass is 9.85. The van der Waals surface area contributed by atoms with Crippen LogP contribution in [0.15, 0.2) is 47.4 Å². The van der Waals surface area contributed by atoms with E-state index < -0.39 is 11.0 Å². The molecule has 1 aliphatic carbocycles. The first kappa shape index (κ1) is 23.2. The zero-order valence-corrected chi connectivity index (χ0v) is 18.7. The van der Waals surface area contributed by atoms with Gasteiger partial charge in [-0.3, -0.25) is 4.79 Å². The quantitative estimate of drug-likeness (QED) is 0.536. The van der Waals surface area contributed by atoms with E-state index in [0.717, 1.165) is 31.2 Å². The van der Waals surface area contributed by atoms with E-state index in [4.69, 9.17) is 10.5 Å². The molecule has 1 amide bonds. The van der Waals surface area contributed by atoms with Gasteiger partial charge in [-0.05, 0) is 75.4 Å². The maximum atomic E-state index is 13.1. The van der Waals surface area contributed by atoms with E-state index in [0.29, 0.717) is 22.9 Å². The standard InChI is InChI=1S/C23H30FN3O3S/c1-3-30-22-13-12-20(14-21(22)25)31(29)27-19-10-6-17(7-11-19)23(28)26-15(2)16-4-8-18(24)9-5-16/h4-5,8-9,12-15,17,19,27H,3,6-7,10-11,25H2,1-2H3,(H,26,28)/t15-,17?,19?,31?/m1/s1. The van der Waals surface area contributed by atoms with Crippen molar-refractivity contribution in [3.8, 4) is 5.75 Å². The minimum Gasteiger partial charge on any atom is -0.492 e. The average Bonchev–Trinajstić information content (AvgIpc) is 2.76. The molecule has 0 aromatic heterocycles. The molecule has 3 rings (SSSR count). The first-order valence-electron chi connectivity index (χ1n) is 10.6. The molecule has 1 saturated carbocycles. The third-order valence-electron chi connectivity index (χ3n) is 5.60. The predicted molar refractivity (Wildman–Crippen MR) is 120 cm³/mol. The Hall–Kier alpha value is -2.45. The zero-order chi connectivity index (χ0) is 22.4. The van der Waals surface area contributed by atoms with Gasteiger partial charge in [0.15, 0.2) is 0 Å². The number of carbonyl (C=O) groups excluding carboxylic acids is 1. The highest BCUT2D eigenvalue weighted by atomic mass is 32.2. The monoisotopic (exact) mass is 447 g/mol. The zero-order valence-electron chi connectivity index (χ0n) is 17.9. The molecule has 1 unspecified atom stereocenters. The molecule has 4 N–H and O–H groups in total. The molecule has 2 aromatic carbocycles. The fourth-order valence-electron chi connectivity index (χ4n) is 3.79. The molecule has 2 aromatic rings. The summed E-state index contributed by atoms with van der Waals surface area (Å²) in [6.45, 7) is 4.29. The van der Waals surface area contributed by atoms with Crippen molar-refractivity contribution in [1.29, 1.82) is 0 Å². The van der Waals surface area contributed by atoms with Crippen molar-refractivity contribution in [2.75, 3.05) is 12.3 Å². The van der Waals surface area contributed by atoms with Crippen LogP contribution in [0.1, 0.15) is 51.1 Å². The number of nitrogen functional groups attached to an aromatic ring is 1. The lowest BCUT2D eigenvalue weighted by Gasteiger charge is -2.29. The second-order valence-electron chi connectivity index (χ2n) is 7.85. The highest BCUT2D eigenvalue weighted by Crippen LogP contribution is 2.27. The van der Waals surface area contributed by atoms with E-state index in [1.165, 1.54) is 12.1 Å². The van der Waals surface area contributed by atoms with Crippen LogP contribution in [0.2, 0.25) is 0 Å². The molecule has 1 aliphatic rings. The Morgan fingerprint density at radius 3 is 2.48 bits per heavy atom. The SMILES string of the molecule is CCOc1ccc(S(=O)NC2CCC(C(=O)N[C@H](C)c3ccc(F)cc3)CC2)cc1N. The smallest absolute Gasteiger partial charge is 0.223 e. The van der Waals surface area contributed by atoms with Crippen LogP contribution >= 0.6 is 0 Å². The van der Waals surface area contributed by atoms with Crippen LogP contribution in [0.3, 0.4) is 0 Å². The summed E-state index contributed by atoms with van der Waals surface area (Å²) in [5.41, 5.74) is 7.30. The Labute approximate surface area is 185 Å². The summed E-state index contributed by atoms with van der Waals surface area (Å²) in [7, 11) is -1.38. The van der Waals surface area contributed by atoms with E-state index in [9.17, 15) is 13.4 Å². The molecular weight excluding hydrogens is 417 g/mol. The van der Waals surface area contributed by atoms with Crippen molar-refractivity contribution in [3.05, 3.63) is 53.8 Å². The van der Waals surface area contributed by atoms with Crippen LogP contribution in [-0.2, 0) is 15.8 Å². The summed E-state index contributed by atoms with van der Waals surface area (Å²) in [4.78, 5) is 13.2. The fourth-order valence-corrected chi connectivity index (χ4v) is 4.89. The van der Waals surface area contributed by atoms with Gasteiger partial charge in [-0.1, -0.05) is 12.1 Å². The van der Waals surface area contributed by atoms with Gasteiger partial charge in [0.2, 0.25) is 5.91 Å². The van der Waals surface area contributed by atoms with Crippen LogP contribution in [0.4, 0.5) is 10.1 Å². The summed E-state index contributed by atoms with van der Waals surface area (Å²) in [6.07, 6.45) is 2.98. The molecule has 0 radical (unpaired) electrons. The molecule has 1 fully saturated rings. The van der Waals surface area contributed by atoms with E-state index in [1.54, 1.807) is 30.3 Å². The van der Waals surface area contributed by atoms with Gasteiger partial charge < -0.3 is 15.8 Å². The Kier molecular flexibility index (Phi) is 8.03. The molecule has 2 atom stereocenters. The number of anilines is 1. The van der Waals surface area contributed by atoms with Gasteiger partial charge in [0.1, 0.15) is 22.6 Å². The number of carbonyl (C=O) groups is 1. The highest BCUT2D eigenvalue weighted by molar-refractivity contribution is 7.83. The Morgan fingerprint density at radius 2 is 1.87 bits per heavy atom. The number of hydrogen-bond donors (Lipinski definition) is 3. The Morgan fingerprint density at radius 1 is 1.19 bits per heavy atom.